The topological polar surface area (TPSA) is 55.1 Å². The average molecular weight is 376 g/mol. The van der Waals surface area contributed by atoms with Gasteiger partial charge in [-0.25, -0.2) is 0 Å². The number of hydrogen-bond donors (Lipinski definition) is 2. The van der Waals surface area contributed by atoms with E-state index in [9.17, 15) is 18.0 Å². The van der Waals surface area contributed by atoms with Gasteiger partial charge in [0.25, 0.3) is 0 Å². The molecule has 0 aromatic heterocycles. The van der Waals surface area contributed by atoms with Gasteiger partial charge in [-0.15, -0.1) is 12.4 Å². The van der Waals surface area contributed by atoms with E-state index in [-0.39, 0.29) is 28.5 Å². The number of benzene rings is 1. The van der Waals surface area contributed by atoms with Crippen LogP contribution < -0.4 is 11.1 Å². The second-order valence-corrected chi connectivity index (χ2v) is 5.31. The molecule has 3 nitrogen and oxygen atoms in total. The van der Waals surface area contributed by atoms with Crippen LogP contribution in [0.1, 0.15) is 19.4 Å². The van der Waals surface area contributed by atoms with Crippen LogP contribution in [-0.2, 0) is 11.0 Å². The lowest BCUT2D eigenvalue weighted by molar-refractivity contribution is -0.138. The minimum atomic E-state index is -4.49. The quantitative estimate of drug-likeness (QED) is 0.844. The summed E-state index contributed by atoms with van der Waals surface area (Å²) in [6, 6.07) is 2.72. The normalized spacial score (nSPS) is 12.8. The Morgan fingerprint density at radius 2 is 1.90 bits per heavy atom. The predicted octanol–water partition coefficient (Wildman–Crippen LogP) is 3.81. The van der Waals surface area contributed by atoms with Crippen LogP contribution in [0.15, 0.2) is 22.7 Å². The Balaban J connectivity index is 0.00000361. The summed E-state index contributed by atoms with van der Waals surface area (Å²) in [7, 11) is 0. The molecule has 8 heteroatoms. The van der Waals surface area contributed by atoms with Gasteiger partial charge in [0.15, 0.2) is 0 Å². The number of nitrogens with one attached hydrogen (secondary N) is 1. The van der Waals surface area contributed by atoms with Crippen molar-refractivity contribution in [3.8, 4) is 0 Å². The van der Waals surface area contributed by atoms with E-state index < -0.39 is 23.7 Å². The van der Waals surface area contributed by atoms with Crippen molar-refractivity contribution >= 4 is 39.9 Å². The minimum absolute atomic E-state index is 0. The Hall–Kier alpha value is -0.790. The third-order valence-electron chi connectivity index (χ3n) is 2.56. The summed E-state index contributed by atoms with van der Waals surface area (Å²) in [6.07, 6.45) is -4.49. The monoisotopic (exact) mass is 374 g/mol. The third-order valence-corrected chi connectivity index (χ3v) is 3.25. The fourth-order valence-electron chi connectivity index (χ4n) is 1.35. The molecule has 0 aliphatic carbocycles. The van der Waals surface area contributed by atoms with Gasteiger partial charge in [0.1, 0.15) is 0 Å². The highest BCUT2D eigenvalue weighted by Crippen LogP contribution is 2.36. The molecule has 0 bridgehead atoms. The van der Waals surface area contributed by atoms with Crippen molar-refractivity contribution in [1.29, 1.82) is 0 Å². The number of nitrogens with two attached hydrogens (primary N) is 1. The van der Waals surface area contributed by atoms with Gasteiger partial charge in [0.05, 0.1) is 11.6 Å². The van der Waals surface area contributed by atoms with Crippen LogP contribution in [0.2, 0.25) is 0 Å². The fraction of sp³-hybridized carbons (Fsp3) is 0.417. The van der Waals surface area contributed by atoms with Crippen molar-refractivity contribution in [2.75, 3.05) is 5.32 Å². The average Bonchev–Trinajstić information content (AvgIpc) is 2.28. The van der Waals surface area contributed by atoms with Gasteiger partial charge in [-0.1, -0.05) is 29.8 Å². The lowest BCUT2D eigenvalue weighted by atomic mass is 10.0. The van der Waals surface area contributed by atoms with Crippen molar-refractivity contribution in [3.05, 3.63) is 28.2 Å². The van der Waals surface area contributed by atoms with E-state index >= 15 is 0 Å². The maximum atomic E-state index is 12.7. The number of hydrogen-bond acceptors (Lipinski definition) is 2. The van der Waals surface area contributed by atoms with Crippen molar-refractivity contribution in [2.24, 2.45) is 11.7 Å². The molecule has 1 aromatic carbocycles. The Kier molecular flexibility index (Phi) is 7.00. The van der Waals surface area contributed by atoms with Crippen molar-refractivity contribution in [2.45, 2.75) is 26.1 Å². The van der Waals surface area contributed by atoms with Gasteiger partial charge < -0.3 is 11.1 Å². The molecule has 0 aliphatic rings. The number of carbonyl (C=O) groups excluding carboxylic acids is 1. The summed E-state index contributed by atoms with van der Waals surface area (Å²) in [5, 5.41) is 2.38. The van der Waals surface area contributed by atoms with E-state index in [4.69, 9.17) is 5.73 Å². The first-order valence-electron chi connectivity index (χ1n) is 5.56. The van der Waals surface area contributed by atoms with Crippen LogP contribution >= 0.6 is 28.3 Å². The van der Waals surface area contributed by atoms with E-state index in [2.05, 4.69) is 21.2 Å². The second-order valence-electron chi connectivity index (χ2n) is 4.45. The van der Waals surface area contributed by atoms with E-state index in [0.29, 0.717) is 0 Å². The number of anilines is 1. The molecule has 1 amide bonds. The molecule has 1 rings (SSSR count). The van der Waals surface area contributed by atoms with Gasteiger partial charge in [0.2, 0.25) is 5.91 Å². The number of halogens is 5. The molecule has 20 heavy (non-hydrogen) atoms. The molecule has 0 fully saturated rings. The lowest BCUT2D eigenvalue weighted by Gasteiger charge is -2.16. The van der Waals surface area contributed by atoms with Crippen LogP contribution in [0.4, 0.5) is 18.9 Å². The molecular weight excluding hydrogens is 360 g/mol. The SMILES string of the molecule is CC(C)[C@@H](N)C(=O)Nc1ccc(Br)c(C(F)(F)F)c1.Cl. The molecule has 0 heterocycles. The first kappa shape index (κ1) is 19.2. The molecule has 0 radical (unpaired) electrons. The molecule has 0 aliphatic heterocycles. The minimum Gasteiger partial charge on any atom is -0.325 e. The molecular formula is C12H15BrClF3N2O. The van der Waals surface area contributed by atoms with Crippen molar-refractivity contribution < 1.29 is 18.0 Å². The summed E-state index contributed by atoms with van der Waals surface area (Å²) in [6.45, 7) is 3.51. The molecule has 0 saturated heterocycles. The first-order valence-corrected chi connectivity index (χ1v) is 6.35. The summed E-state index contributed by atoms with van der Waals surface area (Å²) >= 11 is 2.83. The molecule has 3 N–H and O–H groups in total. The van der Waals surface area contributed by atoms with Crippen molar-refractivity contribution in [3.63, 3.8) is 0 Å². The van der Waals surface area contributed by atoms with Gasteiger partial charge >= 0.3 is 6.18 Å². The largest absolute Gasteiger partial charge is 0.417 e. The highest BCUT2D eigenvalue weighted by Gasteiger charge is 2.33. The summed E-state index contributed by atoms with van der Waals surface area (Å²) < 4.78 is 38.0. The van der Waals surface area contributed by atoms with Crippen molar-refractivity contribution in [1.82, 2.24) is 0 Å². The lowest BCUT2D eigenvalue weighted by Crippen LogP contribution is -2.39. The standard InChI is InChI=1S/C12H14BrF3N2O.ClH/c1-6(2)10(17)11(19)18-7-3-4-9(13)8(5-7)12(14,15)16;/h3-6,10H,17H2,1-2H3,(H,18,19);1H/t10-;/m1./s1. The number of alkyl halides is 3. The summed E-state index contributed by atoms with van der Waals surface area (Å²) in [4.78, 5) is 11.7. The van der Waals surface area contributed by atoms with Gasteiger partial charge in [-0.05, 0) is 24.1 Å². The maximum Gasteiger partial charge on any atom is 0.417 e. The van der Waals surface area contributed by atoms with Crippen LogP contribution in [0.25, 0.3) is 0 Å². The van der Waals surface area contributed by atoms with Gasteiger partial charge in [-0.2, -0.15) is 13.2 Å². The van der Waals surface area contributed by atoms with E-state index in [1.807, 2.05) is 0 Å². The fourth-order valence-corrected chi connectivity index (χ4v) is 1.82. The zero-order chi connectivity index (χ0) is 14.8. The highest BCUT2D eigenvalue weighted by molar-refractivity contribution is 9.10. The molecule has 114 valence electrons. The first-order chi connectivity index (χ1) is 8.62. The second kappa shape index (κ2) is 7.28. The van der Waals surface area contributed by atoms with E-state index in [1.54, 1.807) is 13.8 Å². The maximum absolute atomic E-state index is 12.7. The van der Waals surface area contributed by atoms with E-state index in [0.717, 1.165) is 6.07 Å². The van der Waals surface area contributed by atoms with Crippen LogP contribution in [0, 0.1) is 5.92 Å². The Labute approximate surface area is 129 Å². The molecule has 1 aromatic rings. The zero-order valence-corrected chi connectivity index (χ0v) is 13.2. The van der Waals surface area contributed by atoms with E-state index in [1.165, 1.54) is 12.1 Å². The molecule has 0 spiro atoms. The molecule has 0 saturated carbocycles. The Morgan fingerprint density at radius 3 is 2.35 bits per heavy atom. The molecule has 1 atom stereocenters. The Morgan fingerprint density at radius 1 is 1.35 bits per heavy atom. The predicted molar refractivity (Wildman–Crippen MR) is 77.8 cm³/mol. The van der Waals surface area contributed by atoms with Crippen LogP contribution in [0.3, 0.4) is 0 Å². The van der Waals surface area contributed by atoms with Crippen LogP contribution in [0.5, 0.6) is 0 Å². The van der Waals surface area contributed by atoms with Gasteiger partial charge in [0, 0.05) is 10.2 Å². The highest BCUT2D eigenvalue weighted by atomic mass is 79.9. The zero-order valence-electron chi connectivity index (χ0n) is 10.8. The summed E-state index contributed by atoms with van der Waals surface area (Å²) in [5.74, 6) is -0.608. The van der Waals surface area contributed by atoms with Crippen LogP contribution in [-0.4, -0.2) is 11.9 Å². The smallest absolute Gasteiger partial charge is 0.325 e. The number of carbonyl (C=O) groups is 1. The Bertz CT molecular complexity index is 480. The third kappa shape index (κ3) is 4.96. The van der Waals surface area contributed by atoms with Gasteiger partial charge in [-0.3, -0.25) is 4.79 Å². The molecule has 0 unspecified atom stereocenters. The number of amides is 1. The number of rotatable bonds is 3. The summed E-state index contributed by atoms with van der Waals surface area (Å²) in [5.41, 5.74) is 4.84.